The number of carbonyl (C=O) groups excluding carboxylic acids is 2. The third-order valence-corrected chi connectivity index (χ3v) is 2.24. The van der Waals surface area contributed by atoms with Crippen LogP contribution < -0.4 is 0 Å². The number of aromatic amines is 1. The van der Waals surface area contributed by atoms with Crippen LogP contribution in [0.2, 0.25) is 0 Å². The lowest BCUT2D eigenvalue weighted by atomic mass is 10.1. The second-order valence-corrected chi connectivity index (χ2v) is 3.53. The van der Waals surface area contributed by atoms with Crippen LogP contribution in [0.1, 0.15) is 35.5 Å². The maximum atomic E-state index is 11.1. The lowest BCUT2D eigenvalue weighted by Gasteiger charge is -2.15. The highest BCUT2D eigenvalue weighted by atomic mass is 16.5. The SMILES string of the molecule is CCOC(=O)CC(O)C(O)c1c[nH]c(C=O)c1. The highest BCUT2D eigenvalue weighted by Gasteiger charge is 2.22. The number of aldehydes is 1. The standard InChI is InChI=1S/C11H15NO5/c1-2-17-10(15)4-9(14)11(16)7-3-8(6-13)12-5-7/h3,5-6,9,11-12,14,16H,2,4H2,1H3. The summed E-state index contributed by atoms with van der Waals surface area (Å²) in [6.45, 7) is 1.88. The Bertz CT molecular complexity index is 387. The third kappa shape index (κ3) is 3.69. The highest BCUT2D eigenvalue weighted by Crippen LogP contribution is 2.19. The van der Waals surface area contributed by atoms with Crippen molar-refractivity contribution < 1.29 is 24.5 Å². The van der Waals surface area contributed by atoms with Crippen LogP contribution in [-0.2, 0) is 9.53 Å². The summed E-state index contributed by atoms with van der Waals surface area (Å²) >= 11 is 0. The second-order valence-electron chi connectivity index (χ2n) is 3.53. The van der Waals surface area contributed by atoms with E-state index in [9.17, 15) is 19.8 Å². The fourth-order valence-electron chi connectivity index (χ4n) is 1.39. The maximum Gasteiger partial charge on any atom is 0.308 e. The number of H-pyrrole nitrogens is 1. The Balaban J connectivity index is 2.59. The lowest BCUT2D eigenvalue weighted by molar-refractivity contribution is -0.147. The molecule has 2 atom stereocenters. The molecule has 1 aromatic heterocycles. The lowest BCUT2D eigenvalue weighted by Crippen LogP contribution is -2.22. The first-order valence-corrected chi connectivity index (χ1v) is 5.23. The van der Waals surface area contributed by atoms with E-state index in [4.69, 9.17) is 0 Å². The number of hydrogen-bond acceptors (Lipinski definition) is 5. The normalized spacial score (nSPS) is 14.1. The van der Waals surface area contributed by atoms with Crippen molar-refractivity contribution in [1.82, 2.24) is 4.98 Å². The molecule has 2 unspecified atom stereocenters. The van der Waals surface area contributed by atoms with Gasteiger partial charge < -0.3 is 19.9 Å². The van der Waals surface area contributed by atoms with E-state index in [0.717, 1.165) is 0 Å². The maximum absolute atomic E-state index is 11.1. The average Bonchev–Trinajstić information content (AvgIpc) is 2.76. The monoisotopic (exact) mass is 241 g/mol. The predicted octanol–water partition coefficient (Wildman–Crippen LogP) is 0.175. The minimum Gasteiger partial charge on any atom is -0.466 e. The predicted molar refractivity (Wildman–Crippen MR) is 58.4 cm³/mol. The van der Waals surface area contributed by atoms with Crippen molar-refractivity contribution in [2.24, 2.45) is 0 Å². The molecular weight excluding hydrogens is 226 g/mol. The molecule has 1 rings (SSSR count). The second kappa shape index (κ2) is 6.17. The summed E-state index contributed by atoms with van der Waals surface area (Å²) < 4.78 is 4.65. The van der Waals surface area contributed by atoms with Crippen molar-refractivity contribution in [3.8, 4) is 0 Å². The van der Waals surface area contributed by atoms with Crippen LogP contribution in [-0.4, -0.2) is 40.2 Å². The molecular formula is C11H15NO5. The minimum atomic E-state index is -1.26. The molecule has 94 valence electrons. The van der Waals surface area contributed by atoms with E-state index < -0.39 is 18.2 Å². The van der Waals surface area contributed by atoms with Crippen LogP contribution in [0, 0.1) is 0 Å². The van der Waals surface area contributed by atoms with Crippen molar-refractivity contribution in [2.75, 3.05) is 6.61 Å². The summed E-state index contributed by atoms with van der Waals surface area (Å²) in [4.78, 5) is 24.1. The zero-order valence-corrected chi connectivity index (χ0v) is 9.42. The van der Waals surface area contributed by atoms with Crippen LogP contribution in [0.4, 0.5) is 0 Å². The number of aliphatic hydroxyl groups excluding tert-OH is 2. The highest BCUT2D eigenvalue weighted by molar-refractivity contribution is 5.72. The van der Waals surface area contributed by atoms with Gasteiger partial charge in [0.2, 0.25) is 0 Å². The molecule has 0 fully saturated rings. The topological polar surface area (TPSA) is 99.6 Å². The number of carbonyl (C=O) groups is 2. The van der Waals surface area contributed by atoms with E-state index in [1.807, 2.05) is 0 Å². The van der Waals surface area contributed by atoms with Gasteiger partial charge in [-0.25, -0.2) is 0 Å². The van der Waals surface area contributed by atoms with E-state index in [2.05, 4.69) is 9.72 Å². The molecule has 6 nitrogen and oxygen atoms in total. The Morgan fingerprint density at radius 2 is 2.29 bits per heavy atom. The van der Waals surface area contributed by atoms with Crippen molar-refractivity contribution >= 4 is 12.3 Å². The molecule has 17 heavy (non-hydrogen) atoms. The summed E-state index contributed by atoms with van der Waals surface area (Å²) in [6, 6.07) is 1.41. The molecule has 6 heteroatoms. The van der Waals surface area contributed by atoms with Gasteiger partial charge in [0.1, 0.15) is 6.10 Å². The van der Waals surface area contributed by atoms with Gasteiger partial charge in [0, 0.05) is 11.8 Å². The fourth-order valence-corrected chi connectivity index (χ4v) is 1.39. The Morgan fingerprint density at radius 3 is 2.82 bits per heavy atom. The molecule has 0 bridgehead atoms. The summed E-state index contributed by atoms with van der Waals surface area (Å²) in [5.41, 5.74) is 0.645. The summed E-state index contributed by atoms with van der Waals surface area (Å²) in [6.07, 6.45) is -0.790. The van der Waals surface area contributed by atoms with Crippen LogP contribution in [0.3, 0.4) is 0 Å². The van der Waals surface area contributed by atoms with Crippen molar-refractivity contribution in [3.63, 3.8) is 0 Å². The van der Waals surface area contributed by atoms with Crippen LogP contribution >= 0.6 is 0 Å². The van der Waals surface area contributed by atoms with Gasteiger partial charge in [-0.2, -0.15) is 0 Å². The first-order chi connectivity index (χ1) is 8.08. The van der Waals surface area contributed by atoms with Gasteiger partial charge >= 0.3 is 5.97 Å². The van der Waals surface area contributed by atoms with E-state index >= 15 is 0 Å². The molecule has 1 aromatic rings. The van der Waals surface area contributed by atoms with Gasteiger partial charge in [0.25, 0.3) is 0 Å². The minimum absolute atomic E-state index is 0.223. The quantitative estimate of drug-likeness (QED) is 0.487. The van der Waals surface area contributed by atoms with E-state index in [1.165, 1.54) is 12.3 Å². The molecule has 3 N–H and O–H groups in total. The average molecular weight is 241 g/mol. The van der Waals surface area contributed by atoms with Gasteiger partial charge in [-0.05, 0) is 13.0 Å². The smallest absolute Gasteiger partial charge is 0.308 e. The third-order valence-electron chi connectivity index (χ3n) is 2.24. The van der Waals surface area contributed by atoms with Gasteiger partial charge in [-0.15, -0.1) is 0 Å². The number of aliphatic hydroxyl groups is 2. The molecule has 0 aliphatic carbocycles. The molecule has 0 amide bonds. The number of aromatic nitrogens is 1. The molecule has 0 aliphatic rings. The Labute approximate surface area is 98.2 Å². The van der Waals surface area contributed by atoms with Crippen molar-refractivity contribution in [3.05, 3.63) is 23.5 Å². The van der Waals surface area contributed by atoms with Gasteiger partial charge in [-0.1, -0.05) is 0 Å². The number of esters is 1. The van der Waals surface area contributed by atoms with E-state index in [0.29, 0.717) is 17.5 Å². The van der Waals surface area contributed by atoms with Crippen molar-refractivity contribution in [2.45, 2.75) is 25.6 Å². The Hall–Kier alpha value is -1.66. The number of hydrogen-bond donors (Lipinski definition) is 3. The fraction of sp³-hybridized carbons (Fsp3) is 0.455. The summed E-state index contributed by atoms with van der Waals surface area (Å²) in [5, 5.41) is 19.3. The zero-order valence-electron chi connectivity index (χ0n) is 9.42. The summed E-state index contributed by atoms with van der Waals surface area (Å²) in [5.74, 6) is -0.579. The number of nitrogens with one attached hydrogen (secondary N) is 1. The number of ether oxygens (including phenoxy) is 1. The van der Waals surface area contributed by atoms with Crippen LogP contribution in [0.15, 0.2) is 12.3 Å². The number of rotatable bonds is 6. The molecule has 0 aromatic carbocycles. The molecule has 0 spiro atoms. The van der Waals surface area contributed by atoms with Gasteiger partial charge in [0.15, 0.2) is 6.29 Å². The Kier molecular flexibility index (Phi) is 4.86. The first-order valence-electron chi connectivity index (χ1n) is 5.23. The largest absolute Gasteiger partial charge is 0.466 e. The zero-order chi connectivity index (χ0) is 12.8. The van der Waals surface area contributed by atoms with E-state index in [-0.39, 0.29) is 13.0 Å². The van der Waals surface area contributed by atoms with Gasteiger partial charge in [0.05, 0.1) is 24.8 Å². The van der Waals surface area contributed by atoms with Crippen LogP contribution in [0.25, 0.3) is 0 Å². The Morgan fingerprint density at radius 1 is 1.59 bits per heavy atom. The van der Waals surface area contributed by atoms with Gasteiger partial charge in [-0.3, -0.25) is 9.59 Å². The molecule has 0 saturated heterocycles. The molecule has 0 radical (unpaired) electrons. The van der Waals surface area contributed by atoms with Crippen LogP contribution in [0.5, 0.6) is 0 Å². The molecule has 0 saturated carbocycles. The van der Waals surface area contributed by atoms with Crippen molar-refractivity contribution in [1.29, 1.82) is 0 Å². The van der Waals surface area contributed by atoms with E-state index in [1.54, 1.807) is 6.92 Å². The molecule has 1 heterocycles. The first kappa shape index (κ1) is 13.4. The summed E-state index contributed by atoms with van der Waals surface area (Å²) in [7, 11) is 0. The molecule has 0 aliphatic heterocycles.